The molecule has 3 aromatic rings. The molecule has 2 heterocycles. The van der Waals surface area contributed by atoms with Crippen LogP contribution >= 0.6 is 0 Å². The molecule has 0 aliphatic heterocycles. The van der Waals surface area contributed by atoms with Crippen molar-refractivity contribution in [2.24, 2.45) is 7.05 Å². The number of hydrogen-bond acceptors (Lipinski definition) is 4. The maximum Gasteiger partial charge on any atom is 0.206 e. The van der Waals surface area contributed by atoms with E-state index >= 15 is 0 Å². The fraction of sp³-hybridized carbons (Fsp3) is 0.133. The maximum atomic E-state index is 12.2. The van der Waals surface area contributed by atoms with Crippen molar-refractivity contribution in [1.29, 1.82) is 0 Å². The minimum absolute atomic E-state index is 0.192. The first-order chi connectivity index (χ1) is 9.66. The zero-order chi connectivity index (χ0) is 14.1. The van der Waals surface area contributed by atoms with Gasteiger partial charge in [0.05, 0.1) is 23.7 Å². The van der Waals surface area contributed by atoms with Crippen molar-refractivity contribution in [3.63, 3.8) is 0 Å². The monoisotopic (exact) mass is 268 g/mol. The number of furan rings is 1. The van der Waals surface area contributed by atoms with Crippen LogP contribution in [0.4, 0.5) is 0 Å². The maximum absolute atomic E-state index is 12.2. The topological polar surface area (TPSA) is 65.1 Å². The van der Waals surface area contributed by atoms with E-state index in [-0.39, 0.29) is 29.6 Å². The quantitative estimate of drug-likeness (QED) is 0.539. The summed E-state index contributed by atoms with van der Waals surface area (Å²) in [5, 5.41) is 0. The third-order valence-electron chi connectivity index (χ3n) is 3.15. The van der Waals surface area contributed by atoms with E-state index in [4.69, 9.17) is 4.42 Å². The zero-order valence-corrected chi connectivity index (χ0v) is 10.9. The Bertz CT molecular complexity index is 785. The van der Waals surface area contributed by atoms with Gasteiger partial charge in [0.15, 0.2) is 11.6 Å². The van der Waals surface area contributed by atoms with Gasteiger partial charge in [-0.05, 0) is 24.3 Å². The summed E-state index contributed by atoms with van der Waals surface area (Å²) in [5.74, 6) is -0.180. The number of aryl methyl sites for hydroxylation is 1. The van der Waals surface area contributed by atoms with E-state index in [0.717, 1.165) is 11.0 Å². The van der Waals surface area contributed by atoms with E-state index in [1.807, 2.05) is 24.3 Å². The Hall–Kier alpha value is -2.69. The van der Waals surface area contributed by atoms with E-state index in [9.17, 15) is 9.59 Å². The summed E-state index contributed by atoms with van der Waals surface area (Å²) in [6.07, 6.45) is 1.16. The Kier molecular flexibility index (Phi) is 2.95. The number of fused-ring (bicyclic) bond motifs is 1. The van der Waals surface area contributed by atoms with Crippen LogP contribution in [0, 0.1) is 0 Å². The summed E-state index contributed by atoms with van der Waals surface area (Å²) in [7, 11) is 1.76. The molecule has 0 aliphatic rings. The third kappa shape index (κ3) is 2.03. The molecule has 0 saturated heterocycles. The van der Waals surface area contributed by atoms with Gasteiger partial charge >= 0.3 is 0 Å². The second-order valence-electron chi connectivity index (χ2n) is 4.48. The van der Waals surface area contributed by atoms with Crippen molar-refractivity contribution in [3.8, 4) is 0 Å². The number of imidazole rings is 1. The smallest absolute Gasteiger partial charge is 0.206 e. The van der Waals surface area contributed by atoms with Gasteiger partial charge < -0.3 is 8.98 Å². The summed E-state index contributed by atoms with van der Waals surface area (Å²) in [6, 6.07) is 10.6. The molecule has 2 aromatic heterocycles. The number of nitrogens with zero attached hydrogens (tertiary/aromatic N) is 2. The molecule has 5 heteroatoms. The normalized spacial score (nSPS) is 10.8. The van der Waals surface area contributed by atoms with Crippen molar-refractivity contribution < 1.29 is 14.0 Å². The number of carbonyl (C=O) groups excluding carboxylic acids is 2. The molecule has 1 aromatic carbocycles. The van der Waals surface area contributed by atoms with Gasteiger partial charge in [-0.2, -0.15) is 0 Å². The highest BCUT2D eigenvalue weighted by atomic mass is 16.3. The van der Waals surface area contributed by atoms with E-state index in [1.165, 1.54) is 6.26 Å². The molecule has 0 bridgehead atoms. The Balaban J connectivity index is 1.89. The number of rotatable bonds is 4. The predicted molar refractivity (Wildman–Crippen MR) is 72.7 cm³/mol. The van der Waals surface area contributed by atoms with Crippen molar-refractivity contribution in [2.75, 3.05) is 0 Å². The third-order valence-corrected chi connectivity index (χ3v) is 3.15. The SMILES string of the molecule is Cn1c(C(=O)CC(=O)c2ccco2)nc2ccccc21. The molecule has 0 atom stereocenters. The lowest BCUT2D eigenvalue weighted by Crippen LogP contribution is -2.12. The van der Waals surface area contributed by atoms with Crippen LogP contribution in [-0.4, -0.2) is 21.1 Å². The van der Waals surface area contributed by atoms with E-state index in [0.29, 0.717) is 0 Å². The minimum atomic E-state index is -0.341. The number of hydrogen-bond donors (Lipinski definition) is 0. The Labute approximate surface area is 114 Å². The lowest BCUT2D eigenvalue weighted by atomic mass is 10.1. The van der Waals surface area contributed by atoms with Crippen LogP contribution in [0.1, 0.15) is 27.6 Å². The van der Waals surface area contributed by atoms with E-state index < -0.39 is 0 Å². The van der Waals surface area contributed by atoms with Crippen molar-refractivity contribution in [3.05, 3.63) is 54.2 Å². The number of benzene rings is 1. The molecule has 0 N–H and O–H groups in total. The summed E-state index contributed by atoms with van der Waals surface area (Å²) in [5.41, 5.74) is 1.60. The van der Waals surface area contributed by atoms with E-state index in [1.54, 1.807) is 23.7 Å². The number of ketones is 2. The van der Waals surface area contributed by atoms with Gasteiger partial charge in [0.2, 0.25) is 11.6 Å². The molecule has 0 aliphatic carbocycles. The molecule has 3 rings (SSSR count). The van der Waals surface area contributed by atoms with Gasteiger partial charge in [-0.1, -0.05) is 12.1 Å². The van der Waals surface area contributed by atoms with Crippen molar-refractivity contribution in [2.45, 2.75) is 6.42 Å². The highest BCUT2D eigenvalue weighted by Gasteiger charge is 2.20. The molecule has 0 spiro atoms. The highest BCUT2D eigenvalue weighted by molar-refractivity contribution is 6.12. The standard InChI is InChI=1S/C15H12N2O3/c1-17-11-6-3-2-5-10(11)16-15(17)13(19)9-12(18)14-7-4-8-20-14/h2-8H,9H2,1H3. The van der Waals surface area contributed by atoms with Crippen LogP contribution in [0.25, 0.3) is 11.0 Å². The zero-order valence-electron chi connectivity index (χ0n) is 10.9. The van der Waals surface area contributed by atoms with Gasteiger partial charge in [0.25, 0.3) is 0 Å². The first-order valence-corrected chi connectivity index (χ1v) is 6.18. The van der Waals surface area contributed by atoms with Gasteiger partial charge in [-0.15, -0.1) is 0 Å². The Morgan fingerprint density at radius 3 is 2.65 bits per heavy atom. The van der Waals surface area contributed by atoms with Crippen molar-refractivity contribution >= 4 is 22.6 Å². The summed E-state index contributed by atoms with van der Waals surface area (Å²) in [6.45, 7) is 0. The van der Waals surface area contributed by atoms with Gasteiger partial charge in [-0.3, -0.25) is 9.59 Å². The van der Waals surface area contributed by atoms with Crippen LogP contribution in [0.5, 0.6) is 0 Å². The lowest BCUT2D eigenvalue weighted by molar-refractivity contribution is 0.0871. The number of Topliss-reactive ketones (excluding diaryl/α,β-unsaturated/α-hetero) is 2. The molecule has 0 unspecified atom stereocenters. The second-order valence-corrected chi connectivity index (χ2v) is 4.48. The lowest BCUT2D eigenvalue weighted by Gasteiger charge is -2.00. The Morgan fingerprint density at radius 1 is 1.15 bits per heavy atom. The first kappa shape index (κ1) is 12.3. The molecule has 100 valence electrons. The molecular weight excluding hydrogens is 256 g/mol. The summed E-state index contributed by atoms with van der Waals surface area (Å²) >= 11 is 0. The predicted octanol–water partition coefficient (Wildman–Crippen LogP) is 2.62. The largest absolute Gasteiger partial charge is 0.461 e. The molecule has 5 nitrogen and oxygen atoms in total. The summed E-state index contributed by atoms with van der Waals surface area (Å²) in [4.78, 5) is 28.3. The highest BCUT2D eigenvalue weighted by Crippen LogP contribution is 2.16. The minimum Gasteiger partial charge on any atom is -0.461 e. The van der Waals surface area contributed by atoms with Crippen LogP contribution < -0.4 is 0 Å². The Morgan fingerprint density at radius 2 is 1.95 bits per heavy atom. The molecule has 0 fully saturated rings. The second kappa shape index (κ2) is 4.77. The molecule has 0 saturated carbocycles. The van der Waals surface area contributed by atoms with Crippen LogP contribution in [0.3, 0.4) is 0 Å². The van der Waals surface area contributed by atoms with Crippen LogP contribution in [0.15, 0.2) is 47.1 Å². The molecule has 20 heavy (non-hydrogen) atoms. The number of aromatic nitrogens is 2. The average Bonchev–Trinajstić information content (AvgIpc) is 3.07. The van der Waals surface area contributed by atoms with Gasteiger partial charge in [-0.25, -0.2) is 4.98 Å². The van der Waals surface area contributed by atoms with E-state index in [2.05, 4.69) is 4.98 Å². The number of carbonyl (C=O) groups is 2. The van der Waals surface area contributed by atoms with Crippen LogP contribution in [0.2, 0.25) is 0 Å². The first-order valence-electron chi connectivity index (χ1n) is 6.18. The van der Waals surface area contributed by atoms with Crippen LogP contribution in [-0.2, 0) is 7.05 Å². The molecule has 0 amide bonds. The molecular formula is C15H12N2O3. The number of para-hydroxylation sites is 2. The molecule has 0 radical (unpaired) electrons. The van der Waals surface area contributed by atoms with Gasteiger partial charge in [0, 0.05) is 7.05 Å². The fourth-order valence-corrected chi connectivity index (χ4v) is 2.14. The van der Waals surface area contributed by atoms with Crippen molar-refractivity contribution in [1.82, 2.24) is 9.55 Å². The summed E-state index contributed by atoms with van der Waals surface area (Å²) < 4.78 is 6.69. The average molecular weight is 268 g/mol. The fourth-order valence-electron chi connectivity index (χ4n) is 2.14. The van der Waals surface area contributed by atoms with Gasteiger partial charge in [0.1, 0.15) is 0 Å².